The van der Waals surface area contributed by atoms with E-state index in [2.05, 4.69) is 6.58 Å². The van der Waals surface area contributed by atoms with Crippen molar-refractivity contribution in [1.82, 2.24) is 0 Å². The molecule has 0 fully saturated rings. The average molecular weight is 230 g/mol. The van der Waals surface area contributed by atoms with Gasteiger partial charge in [0, 0.05) is 0 Å². The molecular weight excluding hydrogens is 220 g/mol. The maximum Gasteiger partial charge on any atom is 0.371 e. The first-order chi connectivity index (χ1) is 6.94. The minimum Gasteiger partial charge on any atom is -0.475 e. The van der Waals surface area contributed by atoms with Crippen LogP contribution in [-0.2, 0) is 15.6 Å². The van der Waals surface area contributed by atoms with Crippen LogP contribution in [0.1, 0.15) is 16.3 Å². The highest BCUT2D eigenvalue weighted by Gasteiger charge is 2.15. The lowest BCUT2D eigenvalue weighted by Gasteiger charge is -1.97. The van der Waals surface area contributed by atoms with Crippen molar-refractivity contribution in [3.63, 3.8) is 0 Å². The van der Waals surface area contributed by atoms with Crippen molar-refractivity contribution in [1.29, 1.82) is 0 Å². The molecule has 6 heteroatoms. The molecule has 1 N–H and O–H groups in total. The van der Waals surface area contributed by atoms with Crippen molar-refractivity contribution in [3.8, 4) is 0 Å². The van der Waals surface area contributed by atoms with Crippen LogP contribution in [0.4, 0.5) is 0 Å². The maximum absolute atomic E-state index is 11.3. The van der Waals surface area contributed by atoms with Gasteiger partial charge in [0.05, 0.1) is 5.75 Å². The number of rotatable bonds is 5. The highest BCUT2D eigenvalue weighted by Crippen LogP contribution is 2.11. The molecule has 82 valence electrons. The Balaban J connectivity index is 2.82. The van der Waals surface area contributed by atoms with E-state index < -0.39 is 15.8 Å². The Hall–Kier alpha value is -1.56. The van der Waals surface area contributed by atoms with Gasteiger partial charge in [-0.3, -0.25) is 0 Å². The molecular formula is C9H10O5S. The molecule has 15 heavy (non-hydrogen) atoms. The zero-order valence-electron chi connectivity index (χ0n) is 7.84. The minimum atomic E-state index is -3.30. The molecule has 1 aromatic rings. The molecule has 0 unspecified atom stereocenters. The Bertz CT molecular complexity index is 468. The molecule has 0 aromatic carbocycles. The summed E-state index contributed by atoms with van der Waals surface area (Å²) in [6, 6.07) is 2.56. The largest absolute Gasteiger partial charge is 0.475 e. The van der Waals surface area contributed by atoms with E-state index in [1.165, 1.54) is 18.2 Å². The number of carboxylic acid groups (broad SMARTS) is 1. The Labute approximate surface area is 86.9 Å². The Kier molecular flexibility index (Phi) is 3.31. The van der Waals surface area contributed by atoms with Crippen molar-refractivity contribution in [2.75, 3.05) is 5.75 Å². The van der Waals surface area contributed by atoms with Gasteiger partial charge in [0.1, 0.15) is 11.5 Å². The number of hydrogen-bond donors (Lipinski definition) is 1. The summed E-state index contributed by atoms with van der Waals surface area (Å²) in [5.74, 6) is -1.84. The second-order valence-corrected chi connectivity index (χ2v) is 5.02. The van der Waals surface area contributed by atoms with Crippen molar-refractivity contribution in [2.24, 2.45) is 0 Å². The fraction of sp³-hybridized carbons (Fsp3) is 0.222. The molecule has 0 saturated carbocycles. The summed E-state index contributed by atoms with van der Waals surface area (Å²) in [6.07, 6.45) is 1.27. The van der Waals surface area contributed by atoms with Gasteiger partial charge in [-0.25, -0.2) is 13.2 Å². The van der Waals surface area contributed by atoms with Crippen LogP contribution in [0.2, 0.25) is 0 Å². The van der Waals surface area contributed by atoms with Gasteiger partial charge in [-0.15, -0.1) is 6.58 Å². The van der Waals surface area contributed by atoms with E-state index in [0.29, 0.717) is 0 Å². The molecule has 1 heterocycles. The second kappa shape index (κ2) is 4.31. The summed E-state index contributed by atoms with van der Waals surface area (Å²) in [5, 5.41) is 8.54. The normalized spacial score (nSPS) is 11.2. The fourth-order valence-electron chi connectivity index (χ4n) is 1.03. The summed E-state index contributed by atoms with van der Waals surface area (Å²) < 4.78 is 27.4. The van der Waals surface area contributed by atoms with Gasteiger partial charge in [0.2, 0.25) is 5.76 Å². The number of hydrogen-bond acceptors (Lipinski definition) is 4. The van der Waals surface area contributed by atoms with Crippen LogP contribution in [0.25, 0.3) is 0 Å². The molecule has 0 saturated heterocycles. The van der Waals surface area contributed by atoms with Crippen LogP contribution in [0.15, 0.2) is 29.2 Å². The molecule has 0 amide bonds. The maximum atomic E-state index is 11.3. The van der Waals surface area contributed by atoms with E-state index in [1.54, 1.807) is 0 Å². The monoisotopic (exact) mass is 230 g/mol. The van der Waals surface area contributed by atoms with E-state index in [-0.39, 0.29) is 23.0 Å². The highest BCUT2D eigenvalue weighted by molar-refractivity contribution is 7.90. The first-order valence-corrected chi connectivity index (χ1v) is 5.90. The van der Waals surface area contributed by atoms with Gasteiger partial charge in [-0.05, 0) is 12.1 Å². The van der Waals surface area contributed by atoms with Crippen LogP contribution in [-0.4, -0.2) is 25.2 Å². The number of aromatic carboxylic acids is 1. The molecule has 0 aliphatic rings. The number of carboxylic acids is 1. The minimum absolute atomic E-state index is 0.120. The third-order valence-corrected chi connectivity index (χ3v) is 3.07. The van der Waals surface area contributed by atoms with Gasteiger partial charge < -0.3 is 9.52 Å². The predicted octanol–water partition coefficient (Wildman–Crippen LogP) is 1.08. The molecule has 1 aromatic heterocycles. The zero-order valence-corrected chi connectivity index (χ0v) is 8.66. The van der Waals surface area contributed by atoms with Crippen molar-refractivity contribution >= 4 is 15.8 Å². The summed E-state index contributed by atoms with van der Waals surface area (Å²) in [5.41, 5.74) is 0. The molecule has 0 radical (unpaired) electrons. The lowest BCUT2D eigenvalue weighted by Crippen LogP contribution is -2.06. The summed E-state index contributed by atoms with van der Waals surface area (Å²) in [4.78, 5) is 10.4. The summed E-state index contributed by atoms with van der Waals surface area (Å²) >= 11 is 0. The second-order valence-electron chi connectivity index (χ2n) is 2.91. The summed E-state index contributed by atoms with van der Waals surface area (Å²) in [7, 11) is -3.30. The van der Waals surface area contributed by atoms with Crippen LogP contribution in [0.3, 0.4) is 0 Å². The SMILES string of the molecule is C=CCS(=O)(=O)Cc1ccc(C(=O)O)o1. The van der Waals surface area contributed by atoms with Crippen LogP contribution in [0, 0.1) is 0 Å². The molecule has 5 nitrogen and oxygen atoms in total. The lowest BCUT2D eigenvalue weighted by atomic mass is 10.4. The van der Waals surface area contributed by atoms with Gasteiger partial charge in [-0.1, -0.05) is 6.08 Å². The van der Waals surface area contributed by atoms with Crippen LogP contribution >= 0.6 is 0 Å². The van der Waals surface area contributed by atoms with Crippen LogP contribution < -0.4 is 0 Å². The van der Waals surface area contributed by atoms with Crippen LogP contribution in [0.5, 0.6) is 0 Å². The Morgan fingerprint density at radius 3 is 2.67 bits per heavy atom. The predicted molar refractivity (Wildman–Crippen MR) is 53.4 cm³/mol. The van der Waals surface area contributed by atoms with Gasteiger partial charge in [-0.2, -0.15) is 0 Å². The zero-order chi connectivity index (χ0) is 11.5. The fourth-order valence-corrected chi connectivity index (χ4v) is 2.09. The van der Waals surface area contributed by atoms with Crippen molar-refractivity contribution in [2.45, 2.75) is 5.75 Å². The molecule has 0 spiro atoms. The molecule has 0 bridgehead atoms. The first kappa shape index (κ1) is 11.5. The lowest BCUT2D eigenvalue weighted by molar-refractivity contribution is 0.0660. The molecule has 1 rings (SSSR count). The Morgan fingerprint density at radius 2 is 2.20 bits per heavy atom. The van der Waals surface area contributed by atoms with Gasteiger partial charge >= 0.3 is 5.97 Å². The van der Waals surface area contributed by atoms with E-state index in [4.69, 9.17) is 9.52 Å². The first-order valence-electron chi connectivity index (χ1n) is 4.08. The molecule has 0 atom stereocenters. The van der Waals surface area contributed by atoms with E-state index in [1.807, 2.05) is 0 Å². The third kappa shape index (κ3) is 3.25. The van der Waals surface area contributed by atoms with E-state index in [0.717, 1.165) is 0 Å². The van der Waals surface area contributed by atoms with Crippen molar-refractivity contribution < 1.29 is 22.7 Å². The number of furan rings is 1. The van der Waals surface area contributed by atoms with Gasteiger partial charge in [0.15, 0.2) is 9.84 Å². The quantitative estimate of drug-likeness (QED) is 0.765. The van der Waals surface area contributed by atoms with Crippen molar-refractivity contribution in [3.05, 3.63) is 36.3 Å². The van der Waals surface area contributed by atoms with E-state index >= 15 is 0 Å². The molecule has 0 aliphatic heterocycles. The number of carbonyl (C=O) groups is 1. The topological polar surface area (TPSA) is 84.6 Å². The third-order valence-electron chi connectivity index (χ3n) is 1.61. The van der Waals surface area contributed by atoms with Gasteiger partial charge in [0.25, 0.3) is 0 Å². The highest BCUT2D eigenvalue weighted by atomic mass is 32.2. The van der Waals surface area contributed by atoms with E-state index in [9.17, 15) is 13.2 Å². The Morgan fingerprint density at radius 1 is 1.53 bits per heavy atom. The average Bonchev–Trinajstić information content (AvgIpc) is 2.51. The molecule has 0 aliphatic carbocycles. The standard InChI is InChI=1S/C9H10O5S/c1-2-5-15(12,13)6-7-3-4-8(14-7)9(10)11/h2-4H,1,5-6H2,(H,10,11). The smallest absolute Gasteiger partial charge is 0.371 e. The number of sulfone groups is 1. The summed E-state index contributed by atoms with van der Waals surface area (Å²) in [6.45, 7) is 3.32.